The number of benzene rings is 2. The van der Waals surface area contributed by atoms with Crippen LogP contribution in [0.1, 0.15) is 49.5 Å². The number of likely N-dealkylation sites (tertiary alicyclic amines) is 1. The topological polar surface area (TPSA) is 79.2 Å². The van der Waals surface area contributed by atoms with Crippen LogP contribution in [0.2, 0.25) is 0 Å². The molecule has 4 rings (SSSR count). The lowest BCUT2D eigenvalue weighted by molar-refractivity contribution is 0.0134. The molecule has 0 aromatic heterocycles. The van der Waals surface area contributed by atoms with E-state index in [0.29, 0.717) is 18.7 Å². The fourth-order valence-corrected chi connectivity index (χ4v) is 4.51. The van der Waals surface area contributed by atoms with Gasteiger partial charge in [0.05, 0.1) is 30.9 Å². The van der Waals surface area contributed by atoms with Gasteiger partial charge in [-0.25, -0.2) is 9.59 Å². The van der Waals surface area contributed by atoms with Gasteiger partial charge in [0, 0.05) is 19.0 Å². The van der Waals surface area contributed by atoms with Crippen LogP contribution >= 0.6 is 0 Å². The number of rotatable bonds is 3. The summed E-state index contributed by atoms with van der Waals surface area (Å²) in [5.41, 5.74) is 2.97. The standard InChI is InChI=1S/C25H29N3O4/c1-25(2,3)32-24(31)27-12-8-11-19(16-27)28(4)22-14-18(17-9-6-5-7-10-17)13-20(23(29)30)21(22)15-26-28/h5-7,9-10,13-15,19H,8,11-12,16H2,1-4H3/p+1. The molecule has 1 fully saturated rings. The summed E-state index contributed by atoms with van der Waals surface area (Å²) in [7, 11) is 1.99. The van der Waals surface area contributed by atoms with Gasteiger partial charge >= 0.3 is 12.1 Å². The maximum atomic E-state index is 12.7. The van der Waals surface area contributed by atoms with Crippen molar-refractivity contribution >= 4 is 24.0 Å². The van der Waals surface area contributed by atoms with E-state index in [2.05, 4.69) is 0 Å². The number of ether oxygens (including phenoxy) is 1. The number of piperidine rings is 1. The second-order valence-electron chi connectivity index (χ2n) is 9.62. The molecule has 0 radical (unpaired) electrons. The SMILES string of the molecule is CC(C)(C)OC(=O)N1CCCC([N+]2(C)N=Cc3c(C(=O)O)cc(-c4ccccc4)cc32)C1. The molecule has 168 valence electrons. The minimum atomic E-state index is -0.974. The first-order valence-electron chi connectivity index (χ1n) is 11.0. The largest absolute Gasteiger partial charge is 0.478 e. The van der Waals surface area contributed by atoms with Gasteiger partial charge in [0.25, 0.3) is 0 Å². The lowest BCUT2D eigenvalue weighted by Crippen LogP contribution is -2.57. The van der Waals surface area contributed by atoms with Crippen molar-refractivity contribution in [2.24, 2.45) is 5.10 Å². The molecule has 32 heavy (non-hydrogen) atoms. The number of amides is 1. The monoisotopic (exact) mass is 436 g/mol. The van der Waals surface area contributed by atoms with E-state index >= 15 is 0 Å². The molecule has 2 atom stereocenters. The van der Waals surface area contributed by atoms with Crippen molar-refractivity contribution in [3.05, 3.63) is 53.6 Å². The van der Waals surface area contributed by atoms with E-state index in [4.69, 9.17) is 9.84 Å². The minimum Gasteiger partial charge on any atom is -0.478 e. The van der Waals surface area contributed by atoms with Crippen LogP contribution in [0.15, 0.2) is 47.6 Å². The first kappa shape index (κ1) is 22.0. The average Bonchev–Trinajstić information content (AvgIpc) is 3.10. The van der Waals surface area contributed by atoms with E-state index in [1.54, 1.807) is 17.2 Å². The number of carboxylic acid groups (broad SMARTS) is 1. The van der Waals surface area contributed by atoms with Gasteiger partial charge in [-0.05, 0) is 44.4 Å². The lowest BCUT2D eigenvalue weighted by Gasteiger charge is -2.40. The molecule has 1 amide bonds. The number of aromatic carboxylic acids is 1. The highest BCUT2D eigenvalue weighted by atomic mass is 16.6. The van der Waals surface area contributed by atoms with E-state index in [0.717, 1.165) is 29.7 Å². The van der Waals surface area contributed by atoms with Crippen LogP contribution < -0.4 is 4.59 Å². The number of carboxylic acids is 1. The number of nitrogens with zero attached hydrogens (tertiary/aromatic N) is 3. The minimum absolute atomic E-state index is 0.00133. The van der Waals surface area contributed by atoms with Crippen LogP contribution in [-0.2, 0) is 4.74 Å². The highest BCUT2D eigenvalue weighted by Gasteiger charge is 2.45. The molecule has 2 aliphatic heterocycles. The van der Waals surface area contributed by atoms with Crippen LogP contribution in [0.5, 0.6) is 0 Å². The molecule has 2 unspecified atom stereocenters. The van der Waals surface area contributed by atoms with Gasteiger partial charge in [-0.3, -0.25) is 0 Å². The molecule has 7 heteroatoms. The van der Waals surface area contributed by atoms with Crippen LogP contribution in [-0.4, -0.2) is 60.1 Å². The number of hydrogen-bond acceptors (Lipinski definition) is 4. The maximum Gasteiger partial charge on any atom is 0.410 e. The van der Waals surface area contributed by atoms with E-state index < -0.39 is 11.6 Å². The highest BCUT2D eigenvalue weighted by molar-refractivity contribution is 6.05. The molecule has 2 aromatic rings. The van der Waals surface area contributed by atoms with Crippen LogP contribution in [0.4, 0.5) is 10.5 Å². The summed E-state index contributed by atoms with van der Waals surface area (Å²) in [6.07, 6.45) is 3.07. The van der Waals surface area contributed by atoms with E-state index in [1.165, 1.54) is 0 Å². The fraction of sp³-hybridized carbons (Fsp3) is 0.400. The van der Waals surface area contributed by atoms with Crippen molar-refractivity contribution in [1.82, 2.24) is 9.49 Å². The number of carbonyl (C=O) groups is 2. The Hall–Kier alpha value is -3.19. The Balaban J connectivity index is 1.70. The van der Waals surface area contributed by atoms with E-state index in [9.17, 15) is 14.7 Å². The number of fused-ring (bicyclic) bond motifs is 1. The summed E-state index contributed by atoms with van der Waals surface area (Å²) in [6.45, 7) is 6.73. The van der Waals surface area contributed by atoms with Crippen LogP contribution in [0.25, 0.3) is 11.1 Å². The van der Waals surface area contributed by atoms with Gasteiger partial charge in [-0.1, -0.05) is 35.4 Å². The molecule has 1 N–H and O–H groups in total. The molecule has 1 saturated heterocycles. The van der Waals surface area contributed by atoms with Crippen LogP contribution in [0, 0.1) is 0 Å². The zero-order chi connectivity index (χ0) is 23.1. The summed E-state index contributed by atoms with van der Waals surface area (Å²) in [4.78, 5) is 26.5. The Morgan fingerprint density at radius 2 is 1.88 bits per heavy atom. The molecule has 0 aliphatic carbocycles. The summed E-state index contributed by atoms with van der Waals surface area (Å²) < 4.78 is 5.80. The van der Waals surface area contributed by atoms with Gasteiger partial charge in [0.1, 0.15) is 11.6 Å². The molecule has 2 aliphatic rings. The van der Waals surface area contributed by atoms with Gasteiger partial charge in [-0.2, -0.15) is 4.59 Å². The third kappa shape index (κ3) is 4.12. The smallest absolute Gasteiger partial charge is 0.410 e. The first-order valence-corrected chi connectivity index (χ1v) is 11.0. The lowest BCUT2D eigenvalue weighted by atomic mass is 9.96. The van der Waals surface area contributed by atoms with Crippen molar-refractivity contribution < 1.29 is 19.4 Å². The summed E-state index contributed by atoms with van der Waals surface area (Å²) >= 11 is 0. The molecular weight excluding hydrogens is 406 g/mol. The summed E-state index contributed by atoms with van der Waals surface area (Å²) in [5.74, 6) is -0.974. The van der Waals surface area contributed by atoms with Crippen molar-refractivity contribution in [1.29, 1.82) is 0 Å². The second-order valence-corrected chi connectivity index (χ2v) is 9.62. The fourth-order valence-electron chi connectivity index (χ4n) is 4.51. The first-order chi connectivity index (χ1) is 15.1. The molecular formula is C25H30N3O4+. The predicted molar refractivity (Wildman–Crippen MR) is 125 cm³/mol. The summed E-state index contributed by atoms with van der Waals surface area (Å²) in [6, 6.07) is 13.5. The summed E-state index contributed by atoms with van der Waals surface area (Å²) in [5, 5.41) is 14.7. The van der Waals surface area contributed by atoms with E-state index in [-0.39, 0.29) is 22.3 Å². The maximum absolute atomic E-state index is 12.7. The van der Waals surface area contributed by atoms with Crippen molar-refractivity contribution in [3.63, 3.8) is 0 Å². The van der Waals surface area contributed by atoms with Gasteiger partial charge in [-0.15, -0.1) is 0 Å². The molecule has 0 spiro atoms. The zero-order valence-corrected chi connectivity index (χ0v) is 19.0. The Bertz CT molecular complexity index is 1070. The van der Waals surface area contributed by atoms with E-state index in [1.807, 2.05) is 64.2 Å². The van der Waals surface area contributed by atoms with Gasteiger partial charge in [0.15, 0.2) is 5.69 Å². The third-order valence-corrected chi connectivity index (χ3v) is 6.17. The van der Waals surface area contributed by atoms with Gasteiger partial charge < -0.3 is 14.7 Å². The number of likely N-dealkylation sites (N-methyl/N-ethyl adjacent to an activating group) is 1. The third-order valence-electron chi connectivity index (χ3n) is 6.17. The normalized spacial score (nSPS) is 22.5. The number of hydrogen-bond donors (Lipinski definition) is 1. The van der Waals surface area contributed by atoms with Crippen molar-refractivity contribution in [2.75, 3.05) is 20.1 Å². The Labute approximate surface area is 188 Å². The van der Waals surface area contributed by atoms with Crippen molar-refractivity contribution in [3.8, 4) is 11.1 Å². The molecule has 0 saturated carbocycles. The quantitative estimate of drug-likeness (QED) is 0.705. The molecule has 2 aromatic carbocycles. The number of carbonyl (C=O) groups excluding carboxylic acids is 1. The van der Waals surface area contributed by atoms with Crippen molar-refractivity contribution in [2.45, 2.75) is 45.3 Å². The number of quaternary nitrogens is 1. The van der Waals surface area contributed by atoms with Gasteiger partial charge in [0.2, 0.25) is 0 Å². The Kier molecular flexibility index (Phi) is 5.54. The zero-order valence-electron chi connectivity index (χ0n) is 19.0. The molecule has 0 bridgehead atoms. The Morgan fingerprint density at radius 1 is 1.16 bits per heavy atom. The predicted octanol–water partition coefficient (Wildman–Crippen LogP) is 4.74. The highest BCUT2D eigenvalue weighted by Crippen LogP contribution is 2.40. The van der Waals surface area contributed by atoms with Crippen LogP contribution in [0.3, 0.4) is 0 Å². The average molecular weight is 437 g/mol. The second kappa shape index (κ2) is 8.06. The Morgan fingerprint density at radius 3 is 2.53 bits per heavy atom. The molecule has 7 nitrogen and oxygen atoms in total. The molecule has 2 heterocycles.